The molecule has 1 N–H and O–H groups in total. The lowest BCUT2D eigenvalue weighted by atomic mass is 9.73. The number of thiophene rings is 1. The van der Waals surface area contributed by atoms with Gasteiger partial charge in [0.25, 0.3) is 0 Å². The molecule has 1 aromatic rings. The fourth-order valence-corrected chi connectivity index (χ4v) is 4.69. The van der Waals surface area contributed by atoms with Crippen LogP contribution < -0.4 is 5.32 Å². The molecule has 2 heteroatoms. The van der Waals surface area contributed by atoms with Crippen LogP contribution in [0.25, 0.3) is 0 Å². The Morgan fingerprint density at radius 3 is 2.39 bits per heavy atom. The lowest BCUT2D eigenvalue weighted by molar-refractivity contribution is 0.189. The molecule has 2 rings (SSSR count). The molecule has 1 heterocycles. The quantitative estimate of drug-likeness (QED) is 0.791. The first-order valence-corrected chi connectivity index (χ1v) is 8.25. The minimum Gasteiger partial charge on any atom is -0.310 e. The van der Waals surface area contributed by atoms with Crippen molar-refractivity contribution in [2.45, 2.75) is 65.8 Å². The van der Waals surface area contributed by atoms with Gasteiger partial charge in [-0.05, 0) is 56.7 Å². The summed E-state index contributed by atoms with van der Waals surface area (Å²) >= 11 is 1.95. The summed E-state index contributed by atoms with van der Waals surface area (Å²) in [6.07, 6.45) is 6.93. The zero-order chi connectivity index (χ0) is 13.2. The van der Waals surface area contributed by atoms with Crippen LogP contribution >= 0.6 is 11.3 Å². The Balaban J connectivity index is 2.35. The molecular weight excluding hydrogens is 238 g/mol. The molecule has 0 bridgehead atoms. The van der Waals surface area contributed by atoms with Crippen molar-refractivity contribution in [1.29, 1.82) is 0 Å². The summed E-state index contributed by atoms with van der Waals surface area (Å²) in [7, 11) is 0. The Bertz CT molecular complexity index is 388. The van der Waals surface area contributed by atoms with E-state index in [4.69, 9.17) is 0 Å². The van der Waals surface area contributed by atoms with Gasteiger partial charge in [0, 0.05) is 15.8 Å². The number of nitrogens with one attached hydrogen (secondary N) is 1. The molecule has 102 valence electrons. The molecule has 0 amide bonds. The van der Waals surface area contributed by atoms with E-state index in [9.17, 15) is 0 Å². The van der Waals surface area contributed by atoms with Crippen LogP contribution in [0.15, 0.2) is 6.07 Å². The van der Waals surface area contributed by atoms with Gasteiger partial charge in [0.05, 0.1) is 0 Å². The van der Waals surface area contributed by atoms with E-state index < -0.39 is 0 Å². The van der Waals surface area contributed by atoms with E-state index in [2.05, 4.69) is 39.1 Å². The number of aryl methyl sites for hydroxylation is 2. The summed E-state index contributed by atoms with van der Waals surface area (Å²) in [6, 6.07) is 2.99. The molecule has 0 saturated heterocycles. The maximum atomic E-state index is 3.79. The van der Waals surface area contributed by atoms with Gasteiger partial charge in [-0.15, -0.1) is 11.3 Å². The predicted octanol–water partition coefficient (Wildman–Crippen LogP) is 4.99. The van der Waals surface area contributed by atoms with E-state index in [0.29, 0.717) is 11.5 Å². The first-order chi connectivity index (χ1) is 8.63. The molecule has 1 unspecified atom stereocenters. The van der Waals surface area contributed by atoms with Crippen molar-refractivity contribution in [3.63, 3.8) is 0 Å². The summed E-state index contributed by atoms with van der Waals surface area (Å²) in [5.74, 6) is 0. The molecule has 18 heavy (non-hydrogen) atoms. The SMILES string of the molecule is CCNC(c1cc(C)sc1C)C1(CC)CCCC1. The molecule has 0 aromatic carbocycles. The fraction of sp³-hybridized carbons (Fsp3) is 0.750. The van der Waals surface area contributed by atoms with E-state index in [-0.39, 0.29) is 0 Å². The molecule has 1 aliphatic carbocycles. The summed E-state index contributed by atoms with van der Waals surface area (Å²) < 4.78 is 0. The number of hydrogen-bond acceptors (Lipinski definition) is 2. The highest BCUT2D eigenvalue weighted by Gasteiger charge is 2.40. The molecule has 1 saturated carbocycles. The van der Waals surface area contributed by atoms with Crippen molar-refractivity contribution < 1.29 is 0 Å². The third kappa shape index (κ3) is 2.50. The Kier molecular flexibility index (Phi) is 4.50. The standard InChI is InChI=1S/C16H27NS/c1-5-16(9-7-8-10-16)15(17-6-2)14-11-12(3)18-13(14)4/h11,15,17H,5-10H2,1-4H3. The van der Waals surface area contributed by atoms with Crippen molar-refractivity contribution >= 4 is 11.3 Å². The second kappa shape index (κ2) is 5.75. The molecule has 1 nitrogen and oxygen atoms in total. The molecule has 1 aliphatic rings. The Morgan fingerprint density at radius 2 is 1.94 bits per heavy atom. The molecular formula is C16H27NS. The molecule has 1 fully saturated rings. The molecule has 0 spiro atoms. The fourth-order valence-electron chi connectivity index (χ4n) is 3.72. The second-order valence-electron chi connectivity index (χ2n) is 5.78. The molecule has 1 aromatic heterocycles. The van der Waals surface area contributed by atoms with Crippen LogP contribution in [0, 0.1) is 19.3 Å². The van der Waals surface area contributed by atoms with Gasteiger partial charge in [-0.25, -0.2) is 0 Å². The molecule has 0 radical (unpaired) electrons. The first kappa shape index (κ1) is 14.1. The largest absolute Gasteiger partial charge is 0.310 e. The highest BCUT2D eigenvalue weighted by Crippen LogP contribution is 2.51. The van der Waals surface area contributed by atoms with E-state index in [1.807, 2.05) is 11.3 Å². The summed E-state index contributed by atoms with van der Waals surface area (Å²) in [4.78, 5) is 2.97. The van der Waals surface area contributed by atoms with Crippen LogP contribution in [0.1, 0.15) is 67.3 Å². The number of rotatable bonds is 5. The van der Waals surface area contributed by atoms with Crippen LogP contribution in [-0.2, 0) is 0 Å². The van der Waals surface area contributed by atoms with Crippen molar-refractivity contribution in [2.75, 3.05) is 6.54 Å². The van der Waals surface area contributed by atoms with Crippen molar-refractivity contribution in [2.24, 2.45) is 5.41 Å². The first-order valence-electron chi connectivity index (χ1n) is 7.43. The van der Waals surface area contributed by atoms with Crippen molar-refractivity contribution in [3.05, 3.63) is 21.4 Å². The van der Waals surface area contributed by atoms with Crippen LogP contribution in [0.2, 0.25) is 0 Å². The van der Waals surface area contributed by atoms with Gasteiger partial charge in [0.15, 0.2) is 0 Å². The van der Waals surface area contributed by atoms with E-state index in [1.54, 1.807) is 5.56 Å². The van der Waals surface area contributed by atoms with Crippen molar-refractivity contribution in [3.8, 4) is 0 Å². The van der Waals surface area contributed by atoms with Gasteiger partial charge in [-0.1, -0.05) is 26.7 Å². The molecule has 0 aliphatic heterocycles. The summed E-state index contributed by atoms with van der Waals surface area (Å²) in [5.41, 5.74) is 2.08. The zero-order valence-electron chi connectivity index (χ0n) is 12.3. The monoisotopic (exact) mass is 265 g/mol. The van der Waals surface area contributed by atoms with Gasteiger partial charge in [-0.2, -0.15) is 0 Å². The predicted molar refractivity (Wildman–Crippen MR) is 81.4 cm³/mol. The lowest BCUT2D eigenvalue weighted by Gasteiger charge is -2.38. The smallest absolute Gasteiger partial charge is 0.0388 e. The highest BCUT2D eigenvalue weighted by molar-refractivity contribution is 7.12. The van der Waals surface area contributed by atoms with Gasteiger partial charge >= 0.3 is 0 Å². The van der Waals surface area contributed by atoms with Gasteiger partial charge < -0.3 is 5.32 Å². The van der Waals surface area contributed by atoms with E-state index in [1.165, 1.54) is 41.9 Å². The minimum atomic E-state index is 0.508. The van der Waals surface area contributed by atoms with Gasteiger partial charge in [0.1, 0.15) is 0 Å². The third-order valence-corrected chi connectivity index (χ3v) is 5.70. The topological polar surface area (TPSA) is 12.0 Å². The second-order valence-corrected chi connectivity index (χ2v) is 7.24. The van der Waals surface area contributed by atoms with E-state index in [0.717, 1.165) is 6.54 Å². The van der Waals surface area contributed by atoms with Crippen LogP contribution in [0.5, 0.6) is 0 Å². The van der Waals surface area contributed by atoms with E-state index >= 15 is 0 Å². The average molecular weight is 265 g/mol. The molecule has 1 atom stereocenters. The summed E-state index contributed by atoms with van der Waals surface area (Å²) in [6.45, 7) is 10.2. The zero-order valence-corrected chi connectivity index (χ0v) is 13.1. The van der Waals surface area contributed by atoms with Crippen LogP contribution in [0.4, 0.5) is 0 Å². The Morgan fingerprint density at radius 1 is 1.28 bits per heavy atom. The lowest BCUT2D eigenvalue weighted by Crippen LogP contribution is -2.36. The van der Waals surface area contributed by atoms with Crippen LogP contribution in [-0.4, -0.2) is 6.54 Å². The highest BCUT2D eigenvalue weighted by atomic mass is 32.1. The number of hydrogen-bond donors (Lipinski definition) is 1. The van der Waals surface area contributed by atoms with Crippen LogP contribution in [0.3, 0.4) is 0 Å². The minimum absolute atomic E-state index is 0.508. The van der Waals surface area contributed by atoms with Gasteiger partial charge in [0.2, 0.25) is 0 Å². The normalized spacial score (nSPS) is 20.2. The maximum absolute atomic E-state index is 3.79. The Hall–Kier alpha value is -0.340. The third-order valence-electron chi connectivity index (χ3n) is 4.71. The van der Waals surface area contributed by atoms with Gasteiger partial charge in [-0.3, -0.25) is 0 Å². The summed E-state index contributed by atoms with van der Waals surface area (Å²) in [5, 5.41) is 3.79. The van der Waals surface area contributed by atoms with Crippen molar-refractivity contribution in [1.82, 2.24) is 5.32 Å². The Labute approximate surface area is 116 Å². The average Bonchev–Trinajstić information content (AvgIpc) is 2.94. The maximum Gasteiger partial charge on any atom is 0.0388 e.